The summed E-state index contributed by atoms with van der Waals surface area (Å²) in [7, 11) is 0. The lowest BCUT2D eigenvalue weighted by Crippen LogP contribution is -2.26. The van der Waals surface area contributed by atoms with Gasteiger partial charge >= 0.3 is 0 Å². The summed E-state index contributed by atoms with van der Waals surface area (Å²) in [4.78, 5) is 16.0. The van der Waals surface area contributed by atoms with E-state index in [0.717, 1.165) is 12.8 Å². The molecule has 0 saturated carbocycles. The second-order valence-corrected chi connectivity index (χ2v) is 6.03. The Hall–Kier alpha value is -2.09. The van der Waals surface area contributed by atoms with E-state index in [4.69, 9.17) is 5.84 Å². The molecular formula is C15H22N6OS. The van der Waals surface area contributed by atoms with Crippen molar-refractivity contribution in [1.29, 1.82) is 0 Å². The minimum absolute atomic E-state index is 0.0196. The summed E-state index contributed by atoms with van der Waals surface area (Å²) in [6.45, 7) is 2.88. The van der Waals surface area contributed by atoms with Crippen molar-refractivity contribution in [3.63, 3.8) is 0 Å². The number of nitrogens with one attached hydrogen (secondary N) is 1. The molecule has 3 N–H and O–H groups in total. The number of nitrogens with zero attached hydrogens (tertiary/aromatic N) is 4. The summed E-state index contributed by atoms with van der Waals surface area (Å²) in [5.74, 6) is 6.71. The van der Waals surface area contributed by atoms with Crippen LogP contribution >= 0.6 is 11.8 Å². The Morgan fingerprint density at radius 2 is 2.17 bits per heavy atom. The average Bonchev–Trinajstić information content (AvgIpc) is 2.94. The molecule has 23 heavy (non-hydrogen) atoms. The summed E-state index contributed by atoms with van der Waals surface area (Å²) in [5.41, 5.74) is 0.648. The van der Waals surface area contributed by atoms with Crippen molar-refractivity contribution < 1.29 is 4.79 Å². The number of aromatic nitrogens is 4. The van der Waals surface area contributed by atoms with E-state index in [9.17, 15) is 4.79 Å². The van der Waals surface area contributed by atoms with Gasteiger partial charge in [-0.2, -0.15) is 0 Å². The number of hydrogen-bond acceptors (Lipinski definition) is 6. The number of thioether (sulfide) groups is 1. The largest absolute Gasteiger partial charge is 0.355 e. The molecule has 2 aromatic heterocycles. The first kappa shape index (κ1) is 17.3. The smallest absolute Gasteiger partial charge is 0.230 e. The summed E-state index contributed by atoms with van der Waals surface area (Å²) in [6, 6.07) is 5.49. The standard InChI is InChI=1S/C15H22N6OS/c1-2-3-4-6-10-18-13(22)11-23-15-20-19-14(21(15)16)12-8-5-7-9-17-12/h5,7-9H,2-4,6,10-11,16H2,1H3,(H,18,22). The summed E-state index contributed by atoms with van der Waals surface area (Å²) < 4.78 is 1.36. The molecule has 7 nitrogen and oxygen atoms in total. The molecule has 2 rings (SSSR count). The minimum atomic E-state index is -0.0196. The van der Waals surface area contributed by atoms with E-state index in [1.165, 1.54) is 29.3 Å². The van der Waals surface area contributed by atoms with Gasteiger partial charge in [0.25, 0.3) is 0 Å². The average molecular weight is 334 g/mol. The summed E-state index contributed by atoms with van der Waals surface area (Å²) in [5, 5.41) is 11.4. The lowest BCUT2D eigenvalue weighted by molar-refractivity contribution is -0.118. The van der Waals surface area contributed by atoms with Gasteiger partial charge in [0.05, 0.1) is 5.75 Å². The second kappa shape index (κ2) is 9.14. The van der Waals surface area contributed by atoms with Crippen LogP contribution < -0.4 is 11.2 Å². The number of unbranched alkanes of at least 4 members (excludes halogenated alkanes) is 3. The molecule has 124 valence electrons. The zero-order valence-electron chi connectivity index (χ0n) is 13.2. The Kier molecular flexibility index (Phi) is 6.86. The van der Waals surface area contributed by atoms with Crippen LogP contribution in [0.15, 0.2) is 29.6 Å². The Balaban J connectivity index is 1.80. The van der Waals surface area contributed by atoms with Gasteiger partial charge in [-0.05, 0) is 18.6 Å². The molecule has 0 aliphatic rings. The van der Waals surface area contributed by atoms with Gasteiger partial charge in [0.15, 0.2) is 0 Å². The van der Waals surface area contributed by atoms with Gasteiger partial charge in [-0.25, -0.2) is 4.68 Å². The normalized spacial score (nSPS) is 10.7. The number of amides is 1. The van der Waals surface area contributed by atoms with Crippen molar-refractivity contribution in [2.75, 3.05) is 18.1 Å². The van der Waals surface area contributed by atoms with Crippen molar-refractivity contribution in [2.24, 2.45) is 0 Å². The number of rotatable bonds is 9. The Morgan fingerprint density at radius 3 is 2.91 bits per heavy atom. The fraction of sp³-hybridized carbons (Fsp3) is 0.467. The van der Waals surface area contributed by atoms with Gasteiger partial charge in [0, 0.05) is 12.7 Å². The maximum absolute atomic E-state index is 11.8. The van der Waals surface area contributed by atoms with Crippen LogP contribution in [0.1, 0.15) is 32.6 Å². The molecule has 0 aliphatic carbocycles. The van der Waals surface area contributed by atoms with Crippen molar-refractivity contribution in [1.82, 2.24) is 25.2 Å². The number of pyridine rings is 1. The highest BCUT2D eigenvalue weighted by Gasteiger charge is 2.14. The fourth-order valence-corrected chi connectivity index (χ4v) is 2.69. The van der Waals surface area contributed by atoms with Gasteiger partial charge in [-0.1, -0.05) is 44.0 Å². The molecule has 0 aromatic carbocycles. The quantitative estimate of drug-likeness (QED) is 0.412. The van der Waals surface area contributed by atoms with E-state index in [2.05, 4.69) is 27.4 Å². The third-order valence-electron chi connectivity index (χ3n) is 3.24. The number of nitrogens with two attached hydrogens (primary N) is 1. The molecule has 1 amide bonds. The van der Waals surface area contributed by atoms with Crippen LogP contribution in [0.2, 0.25) is 0 Å². The number of nitrogen functional groups attached to an aromatic ring is 1. The van der Waals surface area contributed by atoms with E-state index in [0.29, 0.717) is 23.2 Å². The van der Waals surface area contributed by atoms with Crippen LogP contribution in [0.3, 0.4) is 0 Å². The predicted molar refractivity (Wildman–Crippen MR) is 91.3 cm³/mol. The van der Waals surface area contributed by atoms with E-state index < -0.39 is 0 Å². The van der Waals surface area contributed by atoms with Crippen molar-refractivity contribution in [3.8, 4) is 11.5 Å². The lowest BCUT2D eigenvalue weighted by Gasteiger charge is -2.05. The topological polar surface area (TPSA) is 98.7 Å². The molecule has 0 bridgehead atoms. The predicted octanol–water partition coefficient (Wildman–Crippen LogP) is 1.84. The minimum Gasteiger partial charge on any atom is -0.355 e. The van der Waals surface area contributed by atoms with Crippen molar-refractivity contribution >= 4 is 17.7 Å². The van der Waals surface area contributed by atoms with Crippen molar-refractivity contribution in [2.45, 2.75) is 37.8 Å². The highest BCUT2D eigenvalue weighted by Crippen LogP contribution is 2.19. The summed E-state index contributed by atoms with van der Waals surface area (Å²) >= 11 is 1.26. The maximum Gasteiger partial charge on any atom is 0.230 e. The summed E-state index contributed by atoms with van der Waals surface area (Å²) in [6.07, 6.45) is 6.23. The molecule has 0 aliphatic heterocycles. The molecule has 0 fully saturated rings. The highest BCUT2D eigenvalue weighted by atomic mass is 32.2. The molecule has 2 heterocycles. The third-order valence-corrected chi connectivity index (χ3v) is 4.19. The molecule has 8 heteroatoms. The van der Waals surface area contributed by atoms with Gasteiger partial charge in [-0.15, -0.1) is 10.2 Å². The highest BCUT2D eigenvalue weighted by molar-refractivity contribution is 7.99. The van der Waals surface area contributed by atoms with Gasteiger partial charge in [-0.3, -0.25) is 9.78 Å². The Morgan fingerprint density at radius 1 is 1.30 bits per heavy atom. The zero-order valence-corrected chi connectivity index (χ0v) is 14.1. The maximum atomic E-state index is 11.8. The number of hydrogen-bond donors (Lipinski definition) is 2. The Bertz CT molecular complexity index is 616. The van der Waals surface area contributed by atoms with Crippen molar-refractivity contribution in [3.05, 3.63) is 24.4 Å². The molecule has 2 aromatic rings. The second-order valence-electron chi connectivity index (χ2n) is 5.09. The Labute approximate surface area is 140 Å². The zero-order chi connectivity index (χ0) is 16.5. The van der Waals surface area contributed by atoms with Crippen LogP contribution in [0.4, 0.5) is 0 Å². The first-order valence-electron chi connectivity index (χ1n) is 7.73. The van der Waals surface area contributed by atoms with Crippen LogP contribution in [0, 0.1) is 0 Å². The molecule has 0 unspecified atom stereocenters. The van der Waals surface area contributed by atoms with Crippen LogP contribution in [-0.4, -0.2) is 38.1 Å². The van der Waals surface area contributed by atoms with Crippen LogP contribution in [0.25, 0.3) is 11.5 Å². The van der Waals surface area contributed by atoms with E-state index in [-0.39, 0.29) is 11.7 Å². The van der Waals surface area contributed by atoms with E-state index >= 15 is 0 Å². The number of carbonyl (C=O) groups excluding carboxylic acids is 1. The van der Waals surface area contributed by atoms with E-state index in [1.807, 2.05) is 18.2 Å². The monoisotopic (exact) mass is 334 g/mol. The molecule has 0 atom stereocenters. The first-order valence-corrected chi connectivity index (χ1v) is 8.72. The first-order chi connectivity index (χ1) is 11.2. The van der Waals surface area contributed by atoms with Crippen LogP contribution in [0.5, 0.6) is 0 Å². The van der Waals surface area contributed by atoms with Gasteiger partial charge < -0.3 is 11.2 Å². The van der Waals surface area contributed by atoms with E-state index in [1.54, 1.807) is 6.20 Å². The molecule has 0 spiro atoms. The lowest BCUT2D eigenvalue weighted by atomic mass is 10.2. The SMILES string of the molecule is CCCCCCNC(=O)CSc1nnc(-c2ccccn2)n1N. The third kappa shape index (κ3) is 5.24. The number of carbonyl (C=O) groups is 1. The molecule has 0 saturated heterocycles. The van der Waals surface area contributed by atoms with Crippen LogP contribution in [-0.2, 0) is 4.79 Å². The fourth-order valence-electron chi connectivity index (χ4n) is 2.01. The van der Waals surface area contributed by atoms with Gasteiger partial charge in [0.1, 0.15) is 5.69 Å². The van der Waals surface area contributed by atoms with Gasteiger partial charge in [0.2, 0.25) is 16.9 Å². The molecule has 0 radical (unpaired) electrons. The molecular weight excluding hydrogens is 312 g/mol.